The summed E-state index contributed by atoms with van der Waals surface area (Å²) >= 11 is 12.0. The van der Waals surface area contributed by atoms with Crippen LogP contribution < -0.4 is 11.3 Å². The molecule has 17 heavy (non-hydrogen) atoms. The Kier molecular flexibility index (Phi) is 3.38. The van der Waals surface area contributed by atoms with Crippen molar-refractivity contribution >= 4 is 34.1 Å². The summed E-state index contributed by atoms with van der Waals surface area (Å²) in [5.74, 6) is 0. The molecule has 0 amide bonds. The van der Waals surface area contributed by atoms with Gasteiger partial charge >= 0.3 is 0 Å². The van der Waals surface area contributed by atoms with Crippen molar-refractivity contribution in [2.24, 2.45) is 5.73 Å². The maximum absolute atomic E-state index is 12.2. The van der Waals surface area contributed by atoms with Gasteiger partial charge < -0.3 is 5.73 Å². The van der Waals surface area contributed by atoms with Gasteiger partial charge in [0.2, 0.25) is 5.28 Å². The number of benzene rings is 1. The van der Waals surface area contributed by atoms with Gasteiger partial charge in [0, 0.05) is 12.6 Å². The number of nitrogens with zero attached hydrogens (tertiary/aromatic N) is 2. The molecule has 2 N–H and O–H groups in total. The van der Waals surface area contributed by atoms with Crippen LogP contribution in [0.1, 0.15) is 6.92 Å². The Bertz CT molecular complexity index is 622. The van der Waals surface area contributed by atoms with Gasteiger partial charge in [0.05, 0.1) is 15.9 Å². The van der Waals surface area contributed by atoms with Gasteiger partial charge in [-0.3, -0.25) is 9.36 Å². The van der Waals surface area contributed by atoms with Gasteiger partial charge in [-0.1, -0.05) is 17.7 Å². The van der Waals surface area contributed by atoms with Gasteiger partial charge in [-0.05, 0) is 30.7 Å². The Morgan fingerprint density at radius 1 is 1.47 bits per heavy atom. The van der Waals surface area contributed by atoms with E-state index in [0.29, 0.717) is 22.5 Å². The minimum absolute atomic E-state index is 0.127. The van der Waals surface area contributed by atoms with Crippen LogP contribution in [0.3, 0.4) is 0 Å². The highest BCUT2D eigenvalue weighted by molar-refractivity contribution is 6.35. The first kappa shape index (κ1) is 12.4. The fraction of sp³-hybridized carbons (Fsp3) is 0.273. The highest BCUT2D eigenvalue weighted by atomic mass is 35.5. The second kappa shape index (κ2) is 4.64. The Balaban J connectivity index is 2.79. The molecule has 0 bridgehead atoms. The van der Waals surface area contributed by atoms with Gasteiger partial charge in [0.25, 0.3) is 5.56 Å². The minimum atomic E-state index is -0.261. The zero-order valence-corrected chi connectivity index (χ0v) is 10.7. The van der Waals surface area contributed by atoms with Crippen LogP contribution in [0.4, 0.5) is 0 Å². The van der Waals surface area contributed by atoms with Gasteiger partial charge in [0.1, 0.15) is 0 Å². The summed E-state index contributed by atoms with van der Waals surface area (Å²) in [6.45, 7) is 2.10. The molecule has 0 radical (unpaired) electrons. The van der Waals surface area contributed by atoms with E-state index in [9.17, 15) is 4.79 Å². The number of fused-ring (bicyclic) bond motifs is 1. The Hall–Kier alpha value is -1.10. The van der Waals surface area contributed by atoms with E-state index in [0.717, 1.165) is 0 Å². The summed E-state index contributed by atoms with van der Waals surface area (Å²) in [6.07, 6.45) is 0. The van der Waals surface area contributed by atoms with E-state index in [4.69, 9.17) is 28.9 Å². The molecule has 1 heterocycles. The smallest absolute Gasteiger partial charge is 0.263 e. The predicted molar refractivity (Wildman–Crippen MR) is 69.7 cm³/mol. The van der Waals surface area contributed by atoms with E-state index >= 15 is 0 Å². The van der Waals surface area contributed by atoms with Crippen LogP contribution >= 0.6 is 23.2 Å². The van der Waals surface area contributed by atoms with Crippen molar-refractivity contribution in [2.45, 2.75) is 19.5 Å². The first-order chi connectivity index (χ1) is 8.00. The maximum Gasteiger partial charge on any atom is 0.263 e. The van der Waals surface area contributed by atoms with E-state index in [2.05, 4.69) is 4.98 Å². The molecule has 0 fully saturated rings. The van der Waals surface area contributed by atoms with Crippen LogP contribution in [0.2, 0.25) is 10.3 Å². The van der Waals surface area contributed by atoms with Gasteiger partial charge in [-0.25, -0.2) is 4.98 Å². The first-order valence-corrected chi connectivity index (χ1v) is 5.86. The van der Waals surface area contributed by atoms with Crippen LogP contribution in [0.5, 0.6) is 0 Å². The standard InChI is InChI=1S/C11H11Cl2N3O/c1-6(14)5-16-10(17)9-7(12)3-2-4-8(9)15-11(16)13/h2-4,6H,5,14H2,1H3. The molecule has 1 unspecified atom stereocenters. The van der Waals surface area contributed by atoms with E-state index in [1.54, 1.807) is 25.1 Å². The second-order valence-electron chi connectivity index (χ2n) is 3.91. The van der Waals surface area contributed by atoms with Crippen molar-refractivity contribution in [3.05, 3.63) is 38.9 Å². The fourth-order valence-electron chi connectivity index (χ4n) is 1.64. The largest absolute Gasteiger partial charge is 0.326 e. The molecule has 0 saturated carbocycles. The van der Waals surface area contributed by atoms with Crippen molar-refractivity contribution in [2.75, 3.05) is 0 Å². The van der Waals surface area contributed by atoms with Crippen molar-refractivity contribution in [1.29, 1.82) is 0 Å². The number of rotatable bonds is 2. The third kappa shape index (κ3) is 2.29. The zero-order valence-electron chi connectivity index (χ0n) is 9.15. The highest BCUT2D eigenvalue weighted by Gasteiger charge is 2.12. The SMILES string of the molecule is CC(N)Cn1c(Cl)nc2cccc(Cl)c2c1=O. The van der Waals surface area contributed by atoms with Gasteiger partial charge in [0.15, 0.2) is 0 Å². The predicted octanol–water partition coefficient (Wildman–Crippen LogP) is 2.05. The summed E-state index contributed by atoms with van der Waals surface area (Å²) in [7, 11) is 0. The molecule has 0 spiro atoms. The molecule has 0 saturated heterocycles. The zero-order chi connectivity index (χ0) is 12.6. The van der Waals surface area contributed by atoms with Gasteiger partial charge in [-0.15, -0.1) is 0 Å². The Labute approximate surface area is 108 Å². The summed E-state index contributed by atoms with van der Waals surface area (Å²) in [5, 5.41) is 0.872. The molecule has 0 aliphatic rings. The monoisotopic (exact) mass is 271 g/mol. The number of nitrogens with two attached hydrogens (primary N) is 1. The normalized spacial score (nSPS) is 12.9. The average Bonchev–Trinajstić information content (AvgIpc) is 2.23. The molecule has 2 rings (SSSR count). The highest BCUT2D eigenvalue weighted by Crippen LogP contribution is 2.19. The summed E-state index contributed by atoms with van der Waals surface area (Å²) < 4.78 is 1.33. The molecule has 6 heteroatoms. The van der Waals surface area contributed by atoms with E-state index in [1.165, 1.54) is 4.57 Å². The first-order valence-electron chi connectivity index (χ1n) is 5.11. The number of halogens is 2. The summed E-state index contributed by atoms with van der Waals surface area (Å²) in [4.78, 5) is 16.3. The number of hydrogen-bond donors (Lipinski definition) is 1. The average molecular weight is 272 g/mol. The molecule has 90 valence electrons. The molecule has 2 aromatic rings. The lowest BCUT2D eigenvalue weighted by atomic mass is 10.2. The van der Waals surface area contributed by atoms with Crippen molar-refractivity contribution < 1.29 is 0 Å². The van der Waals surface area contributed by atoms with Crippen molar-refractivity contribution in [3.63, 3.8) is 0 Å². The third-order valence-corrected chi connectivity index (χ3v) is 2.96. The van der Waals surface area contributed by atoms with Gasteiger partial charge in [-0.2, -0.15) is 0 Å². The molecule has 1 atom stereocenters. The summed E-state index contributed by atoms with van der Waals surface area (Å²) in [5.41, 5.74) is 5.90. The molecule has 1 aromatic carbocycles. The molecular formula is C11H11Cl2N3O. The lowest BCUT2D eigenvalue weighted by Crippen LogP contribution is -2.31. The number of aromatic nitrogens is 2. The van der Waals surface area contributed by atoms with E-state index in [1.807, 2.05) is 0 Å². The number of hydrogen-bond acceptors (Lipinski definition) is 3. The Morgan fingerprint density at radius 3 is 2.82 bits per heavy atom. The van der Waals surface area contributed by atoms with E-state index in [-0.39, 0.29) is 16.9 Å². The summed E-state index contributed by atoms with van der Waals surface area (Å²) in [6, 6.07) is 4.89. The van der Waals surface area contributed by atoms with Crippen LogP contribution in [0, 0.1) is 0 Å². The molecule has 0 aliphatic carbocycles. The Morgan fingerprint density at radius 2 is 2.18 bits per heavy atom. The molecule has 0 aliphatic heterocycles. The van der Waals surface area contributed by atoms with E-state index < -0.39 is 0 Å². The van der Waals surface area contributed by atoms with Crippen molar-refractivity contribution in [3.8, 4) is 0 Å². The topological polar surface area (TPSA) is 60.9 Å². The molecule has 1 aromatic heterocycles. The minimum Gasteiger partial charge on any atom is -0.326 e. The van der Waals surface area contributed by atoms with Crippen LogP contribution in [0.15, 0.2) is 23.0 Å². The second-order valence-corrected chi connectivity index (χ2v) is 4.65. The fourth-order valence-corrected chi connectivity index (χ4v) is 2.13. The van der Waals surface area contributed by atoms with Crippen LogP contribution in [-0.2, 0) is 6.54 Å². The van der Waals surface area contributed by atoms with Crippen molar-refractivity contribution in [1.82, 2.24) is 9.55 Å². The molecular weight excluding hydrogens is 261 g/mol. The molecule has 4 nitrogen and oxygen atoms in total. The van der Waals surface area contributed by atoms with Crippen LogP contribution in [0.25, 0.3) is 10.9 Å². The lowest BCUT2D eigenvalue weighted by Gasteiger charge is -2.11. The quantitative estimate of drug-likeness (QED) is 0.851. The maximum atomic E-state index is 12.2. The third-order valence-electron chi connectivity index (χ3n) is 2.36. The lowest BCUT2D eigenvalue weighted by molar-refractivity contribution is 0.571. The van der Waals surface area contributed by atoms with Crippen LogP contribution in [-0.4, -0.2) is 15.6 Å².